The van der Waals surface area contributed by atoms with Crippen LogP contribution in [0.5, 0.6) is 0 Å². The van der Waals surface area contributed by atoms with E-state index in [1.807, 2.05) is 6.92 Å². The van der Waals surface area contributed by atoms with Gasteiger partial charge in [-0.05, 0) is 19.8 Å². The van der Waals surface area contributed by atoms with Crippen molar-refractivity contribution in [2.45, 2.75) is 58.3 Å². The maximum absolute atomic E-state index is 5.61. The maximum Gasteiger partial charge on any atom is 0.155 e. The lowest BCUT2D eigenvalue weighted by Gasteiger charge is -2.27. The first kappa shape index (κ1) is 12.9. The molecular formula is C11H23O2. The van der Waals surface area contributed by atoms with Gasteiger partial charge in [-0.15, -0.1) is 0 Å². The van der Waals surface area contributed by atoms with Crippen molar-refractivity contribution >= 4 is 0 Å². The second-order valence-corrected chi connectivity index (χ2v) is 3.48. The van der Waals surface area contributed by atoms with E-state index in [1.165, 1.54) is 25.7 Å². The molecule has 1 saturated heterocycles. The van der Waals surface area contributed by atoms with E-state index in [-0.39, 0.29) is 13.7 Å². The van der Waals surface area contributed by atoms with Crippen LogP contribution in [0.25, 0.3) is 0 Å². The van der Waals surface area contributed by atoms with Crippen molar-refractivity contribution in [3.63, 3.8) is 0 Å². The SMILES string of the molecule is CCCCCC1CCOC(C)O1.[CH3]. The minimum atomic E-state index is 0. The minimum Gasteiger partial charge on any atom is -0.353 e. The smallest absolute Gasteiger partial charge is 0.155 e. The fourth-order valence-electron chi connectivity index (χ4n) is 1.58. The van der Waals surface area contributed by atoms with Crippen molar-refractivity contribution in [3.05, 3.63) is 7.43 Å². The van der Waals surface area contributed by atoms with Gasteiger partial charge in [0.2, 0.25) is 0 Å². The maximum atomic E-state index is 5.61. The summed E-state index contributed by atoms with van der Waals surface area (Å²) in [6.07, 6.45) is 6.68. The summed E-state index contributed by atoms with van der Waals surface area (Å²) in [4.78, 5) is 0. The van der Waals surface area contributed by atoms with Crippen LogP contribution in [-0.4, -0.2) is 19.0 Å². The molecule has 2 atom stereocenters. The van der Waals surface area contributed by atoms with E-state index in [1.54, 1.807) is 0 Å². The van der Waals surface area contributed by atoms with Gasteiger partial charge in [0.15, 0.2) is 6.29 Å². The molecule has 2 unspecified atom stereocenters. The molecule has 0 aromatic rings. The van der Waals surface area contributed by atoms with Crippen molar-refractivity contribution < 1.29 is 9.47 Å². The van der Waals surface area contributed by atoms with Gasteiger partial charge in [0.05, 0.1) is 12.7 Å². The van der Waals surface area contributed by atoms with E-state index in [0.29, 0.717) is 6.10 Å². The van der Waals surface area contributed by atoms with E-state index in [9.17, 15) is 0 Å². The Balaban J connectivity index is 0.00000144. The Hall–Kier alpha value is -0.0800. The van der Waals surface area contributed by atoms with Gasteiger partial charge in [-0.2, -0.15) is 0 Å². The van der Waals surface area contributed by atoms with Gasteiger partial charge in [-0.3, -0.25) is 0 Å². The van der Waals surface area contributed by atoms with Crippen LogP contribution >= 0.6 is 0 Å². The normalized spacial score (nSPS) is 28.2. The average Bonchev–Trinajstić information content (AvgIpc) is 2.05. The Morgan fingerprint density at radius 2 is 2.08 bits per heavy atom. The summed E-state index contributed by atoms with van der Waals surface area (Å²) in [6.45, 7) is 5.08. The Morgan fingerprint density at radius 3 is 2.69 bits per heavy atom. The Labute approximate surface area is 82.6 Å². The molecule has 1 aliphatic heterocycles. The highest BCUT2D eigenvalue weighted by molar-refractivity contribution is 4.62. The summed E-state index contributed by atoms with van der Waals surface area (Å²) in [5.74, 6) is 0. The van der Waals surface area contributed by atoms with Crippen LogP contribution in [0.2, 0.25) is 0 Å². The zero-order valence-electron chi connectivity index (χ0n) is 9.21. The largest absolute Gasteiger partial charge is 0.353 e. The highest BCUT2D eigenvalue weighted by Crippen LogP contribution is 2.17. The number of hydrogen-bond acceptors (Lipinski definition) is 2. The van der Waals surface area contributed by atoms with Crippen LogP contribution in [0.15, 0.2) is 0 Å². The van der Waals surface area contributed by atoms with E-state index in [4.69, 9.17) is 9.47 Å². The fourth-order valence-corrected chi connectivity index (χ4v) is 1.58. The molecule has 1 fully saturated rings. The van der Waals surface area contributed by atoms with E-state index in [2.05, 4.69) is 6.92 Å². The standard InChI is InChI=1S/C10H20O2.CH3/c1-3-4-5-6-10-7-8-11-9(2)12-10;/h9-10H,3-8H2,1-2H3;1H3. The lowest BCUT2D eigenvalue weighted by Crippen LogP contribution is -2.30. The first-order chi connectivity index (χ1) is 5.83. The van der Waals surface area contributed by atoms with E-state index >= 15 is 0 Å². The molecule has 0 amide bonds. The van der Waals surface area contributed by atoms with Gasteiger partial charge < -0.3 is 9.47 Å². The molecule has 1 rings (SSSR count). The summed E-state index contributed by atoms with van der Waals surface area (Å²) in [5.41, 5.74) is 0. The zero-order valence-corrected chi connectivity index (χ0v) is 9.21. The van der Waals surface area contributed by atoms with Gasteiger partial charge in [0, 0.05) is 0 Å². The molecule has 0 spiro atoms. The quantitative estimate of drug-likeness (QED) is 0.629. The molecule has 2 heteroatoms. The Morgan fingerprint density at radius 1 is 1.31 bits per heavy atom. The van der Waals surface area contributed by atoms with Gasteiger partial charge >= 0.3 is 0 Å². The van der Waals surface area contributed by atoms with Gasteiger partial charge in [-0.25, -0.2) is 0 Å². The van der Waals surface area contributed by atoms with Crippen molar-refractivity contribution in [1.29, 1.82) is 0 Å². The Bertz CT molecular complexity index is 115. The topological polar surface area (TPSA) is 18.5 Å². The van der Waals surface area contributed by atoms with Crippen molar-refractivity contribution in [2.24, 2.45) is 0 Å². The number of unbranched alkanes of at least 4 members (excludes halogenated alkanes) is 2. The van der Waals surface area contributed by atoms with E-state index in [0.717, 1.165) is 13.0 Å². The third kappa shape index (κ3) is 5.27. The minimum absolute atomic E-state index is 0. The molecule has 0 saturated carbocycles. The lowest BCUT2D eigenvalue weighted by molar-refractivity contribution is -0.203. The fraction of sp³-hybridized carbons (Fsp3) is 0.909. The average molecular weight is 187 g/mol. The predicted octanol–water partition coefficient (Wildman–Crippen LogP) is 3.17. The number of ether oxygens (including phenoxy) is 2. The van der Waals surface area contributed by atoms with Crippen LogP contribution in [0.1, 0.15) is 46.0 Å². The second kappa shape index (κ2) is 7.34. The highest BCUT2D eigenvalue weighted by Gasteiger charge is 2.18. The first-order valence-corrected chi connectivity index (χ1v) is 5.10. The molecule has 0 aliphatic carbocycles. The van der Waals surface area contributed by atoms with Crippen LogP contribution in [0.4, 0.5) is 0 Å². The highest BCUT2D eigenvalue weighted by atomic mass is 16.7. The van der Waals surface area contributed by atoms with E-state index < -0.39 is 0 Å². The van der Waals surface area contributed by atoms with Crippen molar-refractivity contribution in [2.75, 3.05) is 6.61 Å². The summed E-state index contributed by atoms with van der Waals surface area (Å²) < 4.78 is 10.9. The molecular weight excluding hydrogens is 164 g/mol. The predicted molar refractivity (Wildman–Crippen MR) is 55.5 cm³/mol. The molecule has 1 aliphatic rings. The van der Waals surface area contributed by atoms with Crippen LogP contribution in [0, 0.1) is 7.43 Å². The first-order valence-electron chi connectivity index (χ1n) is 5.10. The molecule has 0 N–H and O–H groups in total. The third-order valence-electron chi connectivity index (χ3n) is 2.31. The van der Waals surface area contributed by atoms with Crippen LogP contribution in [0.3, 0.4) is 0 Å². The van der Waals surface area contributed by atoms with Gasteiger partial charge in [0.1, 0.15) is 0 Å². The van der Waals surface area contributed by atoms with Crippen LogP contribution in [-0.2, 0) is 9.47 Å². The molecule has 0 aromatic heterocycles. The molecule has 1 heterocycles. The second-order valence-electron chi connectivity index (χ2n) is 3.48. The van der Waals surface area contributed by atoms with Crippen molar-refractivity contribution in [3.8, 4) is 0 Å². The Kier molecular flexibility index (Phi) is 7.29. The summed E-state index contributed by atoms with van der Waals surface area (Å²) >= 11 is 0. The molecule has 13 heavy (non-hydrogen) atoms. The monoisotopic (exact) mass is 187 g/mol. The molecule has 1 radical (unpaired) electrons. The summed E-state index contributed by atoms with van der Waals surface area (Å²) in [6, 6.07) is 0. The van der Waals surface area contributed by atoms with Gasteiger partial charge in [-0.1, -0.05) is 33.6 Å². The van der Waals surface area contributed by atoms with Crippen LogP contribution < -0.4 is 0 Å². The molecule has 79 valence electrons. The van der Waals surface area contributed by atoms with Crippen molar-refractivity contribution in [1.82, 2.24) is 0 Å². The number of hydrogen-bond donors (Lipinski definition) is 0. The summed E-state index contributed by atoms with van der Waals surface area (Å²) in [5, 5.41) is 0. The third-order valence-corrected chi connectivity index (χ3v) is 2.31. The molecule has 2 nitrogen and oxygen atoms in total. The van der Waals surface area contributed by atoms with Gasteiger partial charge in [0.25, 0.3) is 0 Å². The lowest BCUT2D eigenvalue weighted by atomic mass is 10.1. The summed E-state index contributed by atoms with van der Waals surface area (Å²) in [7, 11) is 0. The molecule has 0 bridgehead atoms. The zero-order chi connectivity index (χ0) is 8.81. The number of rotatable bonds is 4. The molecule has 0 aromatic carbocycles.